The zero-order chi connectivity index (χ0) is 15.8. The Kier molecular flexibility index (Phi) is 4.50. The van der Waals surface area contributed by atoms with Crippen LogP contribution in [-0.4, -0.2) is 27.5 Å². The van der Waals surface area contributed by atoms with Gasteiger partial charge in [-0.1, -0.05) is 6.92 Å². The van der Waals surface area contributed by atoms with E-state index in [-0.39, 0.29) is 11.2 Å². The Morgan fingerprint density at radius 2 is 2.10 bits per heavy atom. The van der Waals surface area contributed by atoms with E-state index in [0.717, 1.165) is 25.1 Å². The van der Waals surface area contributed by atoms with Gasteiger partial charge in [-0.15, -0.1) is 0 Å². The van der Waals surface area contributed by atoms with E-state index in [4.69, 9.17) is 4.74 Å². The second-order valence-electron chi connectivity index (χ2n) is 7.55. The fourth-order valence-electron chi connectivity index (χ4n) is 3.82. The molecule has 1 aromatic rings. The first-order valence-electron chi connectivity index (χ1n) is 8.10. The molecule has 2 rings (SSSR count). The van der Waals surface area contributed by atoms with Gasteiger partial charge in [0.25, 0.3) is 0 Å². The van der Waals surface area contributed by atoms with E-state index in [1.807, 2.05) is 11.7 Å². The van der Waals surface area contributed by atoms with Gasteiger partial charge in [0.15, 0.2) is 0 Å². The van der Waals surface area contributed by atoms with Crippen LogP contribution < -0.4 is 5.32 Å². The average Bonchev–Trinajstić information content (AvgIpc) is 2.76. The van der Waals surface area contributed by atoms with Crippen LogP contribution in [0.25, 0.3) is 0 Å². The minimum Gasteiger partial charge on any atom is -0.369 e. The maximum atomic E-state index is 6.31. The van der Waals surface area contributed by atoms with Crippen LogP contribution in [-0.2, 0) is 11.8 Å². The highest BCUT2D eigenvalue weighted by Gasteiger charge is 2.49. The topological polar surface area (TPSA) is 39.1 Å². The molecule has 1 aliphatic rings. The first-order chi connectivity index (χ1) is 9.66. The van der Waals surface area contributed by atoms with Crippen LogP contribution in [0.4, 0.5) is 0 Å². The van der Waals surface area contributed by atoms with Crippen LogP contribution in [0.15, 0.2) is 6.20 Å². The van der Waals surface area contributed by atoms with Gasteiger partial charge in [0.2, 0.25) is 0 Å². The number of hydrogen-bond acceptors (Lipinski definition) is 3. The number of ether oxygens (including phenoxy) is 1. The summed E-state index contributed by atoms with van der Waals surface area (Å²) in [5.41, 5.74) is 2.24. The number of aromatic nitrogens is 2. The van der Waals surface area contributed by atoms with E-state index in [9.17, 15) is 0 Å². The van der Waals surface area contributed by atoms with Crippen molar-refractivity contribution in [3.05, 3.63) is 17.5 Å². The van der Waals surface area contributed by atoms with Crippen molar-refractivity contribution in [2.45, 2.75) is 71.6 Å². The fraction of sp³-hybridized carbons (Fsp3) is 0.824. The SMILES string of the molecule is CCCNC(c1cn(C)nc1C)C1CC(C)(C)OC1(C)C. The maximum absolute atomic E-state index is 6.31. The van der Waals surface area contributed by atoms with Crippen LogP contribution in [0, 0.1) is 12.8 Å². The van der Waals surface area contributed by atoms with Crippen LogP contribution >= 0.6 is 0 Å². The van der Waals surface area contributed by atoms with Crippen molar-refractivity contribution in [1.29, 1.82) is 0 Å². The fourth-order valence-corrected chi connectivity index (χ4v) is 3.82. The summed E-state index contributed by atoms with van der Waals surface area (Å²) >= 11 is 0. The third-order valence-electron chi connectivity index (χ3n) is 4.55. The van der Waals surface area contributed by atoms with Gasteiger partial charge in [-0.25, -0.2) is 0 Å². The Morgan fingerprint density at radius 1 is 1.43 bits per heavy atom. The van der Waals surface area contributed by atoms with Gasteiger partial charge in [-0.2, -0.15) is 5.10 Å². The highest BCUT2D eigenvalue weighted by molar-refractivity contribution is 5.23. The van der Waals surface area contributed by atoms with Gasteiger partial charge in [-0.3, -0.25) is 4.68 Å². The van der Waals surface area contributed by atoms with Crippen molar-refractivity contribution in [2.75, 3.05) is 6.54 Å². The molecule has 2 heterocycles. The van der Waals surface area contributed by atoms with Gasteiger partial charge in [0.1, 0.15) is 0 Å². The third-order valence-corrected chi connectivity index (χ3v) is 4.55. The van der Waals surface area contributed by atoms with Crippen molar-refractivity contribution in [1.82, 2.24) is 15.1 Å². The molecule has 2 unspecified atom stereocenters. The third kappa shape index (κ3) is 3.49. The molecular weight excluding hydrogens is 262 g/mol. The average molecular weight is 293 g/mol. The molecule has 0 amide bonds. The summed E-state index contributed by atoms with van der Waals surface area (Å²) in [4.78, 5) is 0. The summed E-state index contributed by atoms with van der Waals surface area (Å²) in [5.74, 6) is 0.446. The minimum atomic E-state index is -0.128. The Labute approximate surface area is 129 Å². The Balaban J connectivity index is 2.34. The van der Waals surface area contributed by atoms with Gasteiger partial charge < -0.3 is 10.1 Å². The number of nitrogens with one attached hydrogen (secondary N) is 1. The molecule has 0 radical (unpaired) electrons. The Hall–Kier alpha value is -0.870. The highest BCUT2D eigenvalue weighted by atomic mass is 16.5. The quantitative estimate of drug-likeness (QED) is 0.904. The van der Waals surface area contributed by atoms with Crippen molar-refractivity contribution in [3.63, 3.8) is 0 Å². The van der Waals surface area contributed by atoms with Crippen molar-refractivity contribution in [3.8, 4) is 0 Å². The lowest BCUT2D eigenvalue weighted by Crippen LogP contribution is -2.39. The second-order valence-corrected chi connectivity index (χ2v) is 7.55. The zero-order valence-electron chi connectivity index (χ0n) is 14.7. The predicted molar refractivity (Wildman–Crippen MR) is 86.3 cm³/mol. The molecule has 4 heteroatoms. The van der Waals surface area contributed by atoms with E-state index in [0.29, 0.717) is 12.0 Å². The van der Waals surface area contributed by atoms with E-state index in [1.165, 1.54) is 5.56 Å². The van der Waals surface area contributed by atoms with E-state index < -0.39 is 0 Å². The molecule has 4 nitrogen and oxygen atoms in total. The minimum absolute atomic E-state index is 0.0591. The number of rotatable bonds is 5. The lowest BCUT2D eigenvalue weighted by atomic mass is 9.79. The second kappa shape index (κ2) is 5.73. The molecule has 1 aromatic heterocycles. The molecule has 1 N–H and O–H groups in total. The van der Waals surface area contributed by atoms with Crippen molar-refractivity contribution < 1.29 is 4.74 Å². The monoisotopic (exact) mass is 293 g/mol. The number of hydrogen-bond donors (Lipinski definition) is 1. The Morgan fingerprint density at radius 3 is 2.52 bits per heavy atom. The van der Waals surface area contributed by atoms with Gasteiger partial charge in [-0.05, 0) is 54.0 Å². The summed E-state index contributed by atoms with van der Waals surface area (Å²) in [7, 11) is 1.99. The van der Waals surface area contributed by atoms with Crippen LogP contribution in [0.3, 0.4) is 0 Å². The molecule has 120 valence electrons. The van der Waals surface area contributed by atoms with Gasteiger partial charge in [0, 0.05) is 30.8 Å². The lowest BCUT2D eigenvalue weighted by Gasteiger charge is -2.33. The van der Waals surface area contributed by atoms with E-state index in [2.05, 4.69) is 58.2 Å². The Bertz CT molecular complexity index is 490. The molecular formula is C17H31N3O. The van der Waals surface area contributed by atoms with Crippen molar-refractivity contribution in [2.24, 2.45) is 13.0 Å². The van der Waals surface area contributed by atoms with E-state index >= 15 is 0 Å². The normalized spacial score (nSPS) is 25.2. The molecule has 0 aliphatic carbocycles. The summed E-state index contributed by atoms with van der Waals surface area (Å²) in [6.07, 6.45) is 4.35. The molecule has 1 saturated heterocycles. The number of nitrogens with zero attached hydrogens (tertiary/aromatic N) is 2. The van der Waals surface area contributed by atoms with Crippen LogP contribution in [0.1, 0.15) is 64.8 Å². The first kappa shape index (κ1) is 16.5. The molecule has 2 atom stereocenters. The highest BCUT2D eigenvalue weighted by Crippen LogP contribution is 2.48. The first-order valence-corrected chi connectivity index (χ1v) is 8.10. The molecule has 0 aromatic carbocycles. The summed E-state index contributed by atoms with van der Waals surface area (Å²) in [6.45, 7) is 14.2. The molecule has 21 heavy (non-hydrogen) atoms. The van der Waals surface area contributed by atoms with Crippen LogP contribution in [0.5, 0.6) is 0 Å². The molecule has 1 aliphatic heterocycles. The summed E-state index contributed by atoms with van der Waals surface area (Å²) < 4.78 is 8.23. The van der Waals surface area contributed by atoms with Crippen LogP contribution in [0.2, 0.25) is 0 Å². The predicted octanol–water partition coefficient (Wildman–Crippen LogP) is 3.36. The smallest absolute Gasteiger partial charge is 0.0681 e. The molecule has 1 fully saturated rings. The largest absolute Gasteiger partial charge is 0.369 e. The zero-order valence-corrected chi connectivity index (χ0v) is 14.7. The summed E-state index contributed by atoms with van der Waals surface area (Å²) in [5, 5.41) is 8.27. The van der Waals surface area contributed by atoms with Gasteiger partial charge in [0.05, 0.1) is 16.9 Å². The van der Waals surface area contributed by atoms with Crippen molar-refractivity contribution >= 4 is 0 Å². The summed E-state index contributed by atoms with van der Waals surface area (Å²) in [6, 6.07) is 0.301. The maximum Gasteiger partial charge on any atom is 0.0681 e. The van der Waals surface area contributed by atoms with E-state index in [1.54, 1.807) is 0 Å². The molecule has 0 bridgehead atoms. The lowest BCUT2D eigenvalue weighted by molar-refractivity contribution is -0.0778. The molecule has 0 saturated carbocycles. The standard InChI is InChI=1S/C17H31N3O/c1-8-9-18-15(13-11-20(7)19-12(13)2)14-10-16(3,4)21-17(14,5)6/h11,14-15,18H,8-10H2,1-7H3. The van der Waals surface area contributed by atoms with Gasteiger partial charge >= 0.3 is 0 Å². The number of aryl methyl sites for hydroxylation is 2. The molecule has 0 spiro atoms.